The van der Waals surface area contributed by atoms with Gasteiger partial charge in [-0.1, -0.05) is 42.5 Å². The molecule has 0 saturated carbocycles. The quantitative estimate of drug-likeness (QED) is 0.852. The standard InChI is InChI=1S/C19H21NO3/c1-21-17-9-7-16(8-10-17)12-20-13-18-14-22-19(23-18)11-15-5-3-2-4-6-15/h2-10,14,19-20H,11-13H2,1H3/t19-/m0/s1. The average molecular weight is 311 g/mol. The summed E-state index contributed by atoms with van der Waals surface area (Å²) in [6.45, 7) is 1.42. The molecule has 4 nitrogen and oxygen atoms in total. The van der Waals surface area contributed by atoms with Crippen LogP contribution in [0.2, 0.25) is 0 Å². The fraction of sp³-hybridized carbons (Fsp3) is 0.263. The van der Waals surface area contributed by atoms with Crippen LogP contribution in [0.5, 0.6) is 5.75 Å². The maximum atomic E-state index is 5.80. The van der Waals surface area contributed by atoms with Gasteiger partial charge in [0.1, 0.15) is 17.8 Å². The minimum absolute atomic E-state index is 0.227. The second-order valence-electron chi connectivity index (χ2n) is 5.41. The molecule has 0 aliphatic carbocycles. The molecule has 0 unspecified atom stereocenters. The number of hydrogen-bond acceptors (Lipinski definition) is 4. The summed E-state index contributed by atoms with van der Waals surface area (Å²) >= 11 is 0. The third-order valence-corrected chi connectivity index (χ3v) is 3.67. The molecule has 120 valence electrons. The van der Waals surface area contributed by atoms with Crippen LogP contribution in [0.4, 0.5) is 0 Å². The highest BCUT2D eigenvalue weighted by Gasteiger charge is 2.19. The second-order valence-corrected chi connectivity index (χ2v) is 5.41. The van der Waals surface area contributed by atoms with Crippen LogP contribution in [0, 0.1) is 0 Å². The number of rotatable bonds is 7. The number of methoxy groups -OCH3 is 1. The zero-order valence-electron chi connectivity index (χ0n) is 13.2. The monoisotopic (exact) mass is 311 g/mol. The largest absolute Gasteiger partial charge is 0.497 e. The highest BCUT2D eigenvalue weighted by molar-refractivity contribution is 5.27. The molecule has 1 N–H and O–H groups in total. The van der Waals surface area contributed by atoms with E-state index in [1.165, 1.54) is 11.1 Å². The van der Waals surface area contributed by atoms with Gasteiger partial charge in [0.05, 0.1) is 13.7 Å². The zero-order valence-corrected chi connectivity index (χ0v) is 13.2. The van der Waals surface area contributed by atoms with Crippen molar-refractivity contribution in [2.24, 2.45) is 0 Å². The third kappa shape index (κ3) is 4.50. The molecule has 1 atom stereocenters. The Labute approximate surface area is 136 Å². The first-order valence-corrected chi connectivity index (χ1v) is 7.72. The molecule has 0 spiro atoms. The van der Waals surface area contributed by atoms with Crippen LogP contribution in [0.3, 0.4) is 0 Å². The van der Waals surface area contributed by atoms with Crippen LogP contribution < -0.4 is 10.1 Å². The van der Waals surface area contributed by atoms with Gasteiger partial charge in [-0.2, -0.15) is 0 Å². The molecule has 1 aliphatic heterocycles. The van der Waals surface area contributed by atoms with Gasteiger partial charge in [-0.3, -0.25) is 0 Å². The Morgan fingerprint density at radius 1 is 0.957 bits per heavy atom. The highest BCUT2D eigenvalue weighted by Crippen LogP contribution is 2.18. The lowest BCUT2D eigenvalue weighted by molar-refractivity contribution is -0.0307. The molecule has 1 heterocycles. The van der Waals surface area contributed by atoms with Crippen molar-refractivity contribution in [1.29, 1.82) is 0 Å². The molecule has 4 heteroatoms. The molecule has 0 saturated heterocycles. The maximum Gasteiger partial charge on any atom is 0.244 e. The lowest BCUT2D eigenvalue weighted by atomic mass is 10.1. The first-order valence-electron chi connectivity index (χ1n) is 7.72. The van der Waals surface area contributed by atoms with Crippen molar-refractivity contribution in [2.45, 2.75) is 19.3 Å². The summed E-state index contributed by atoms with van der Waals surface area (Å²) in [6.07, 6.45) is 2.23. The molecule has 0 bridgehead atoms. The van der Waals surface area contributed by atoms with Gasteiger partial charge in [0, 0.05) is 13.0 Å². The molecular weight excluding hydrogens is 290 g/mol. The maximum absolute atomic E-state index is 5.80. The number of nitrogens with one attached hydrogen (secondary N) is 1. The van der Waals surface area contributed by atoms with Crippen molar-refractivity contribution in [1.82, 2.24) is 5.32 Å². The molecule has 0 fully saturated rings. The summed E-state index contributed by atoms with van der Waals surface area (Å²) in [5, 5.41) is 3.35. The van der Waals surface area contributed by atoms with Crippen molar-refractivity contribution in [3.8, 4) is 5.75 Å². The van der Waals surface area contributed by atoms with Crippen LogP contribution in [0.15, 0.2) is 66.6 Å². The Hall–Kier alpha value is -2.46. The molecular formula is C19H21NO3. The predicted molar refractivity (Wildman–Crippen MR) is 88.9 cm³/mol. The Morgan fingerprint density at radius 2 is 1.74 bits per heavy atom. The minimum Gasteiger partial charge on any atom is -0.497 e. The molecule has 23 heavy (non-hydrogen) atoms. The van der Waals surface area contributed by atoms with E-state index >= 15 is 0 Å². The zero-order chi connectivity index (χ0) is 15.9. The average Bonchev–Trinajstić information content (AvgIpc) is 3.04. The molecule has 3 rings (SSSR count). The van der Waals surface area contributed by atoms with Crippen LogP contribution >= 0.6 is 0 Å². The molecule has 1 aliphatic rings. The molecule has 0 amide bonds. The minimum atomic E-state index is -0.227. The smallest absolute Gasteiger partial charge is 0.244 e. The molecule has 0 aromatic heterocycles. The van der Waals surface area contributed by atoms with Crippen molar-refractivity contribution >= 4 is 0 Å². The van der Waals surface area contributed by atoms with Gasteiger partial charge in [-0.25, -0.2) is 0 Å². The summed E-state index contributed by atoms with van der Waals surface area (Å²) in [4.78, 5) is 0. The molecule has 2 aromatic carbocycles. The van der Waals surface area contributed by atoms with Gasteiger partial charge < -0.3 is 19.5 Å². The Morgan fingerprint density at radius 3 is 2.48 bits per heavy atom. The van der Waals surface area contributed by atoms with Crippen LogP contribution in [0.1, 0.15) is 11.1 Å². The van der Waals surface area contributed by atoms with Gasteiger partial charge in [-0.15, -0.1) is 0 Å². The van der Waals surface area contributed by atoms with Crippen LogP contribution in [0.25, 0.3) is 0 Å². The summed E-state index contributed by atoms with van der Waals surface area (Å²) in [6, 6.07) is 18.2. The third-order valence-electron chi connectivity index (χ3n) is 3.67. The van der Waals surface area contributed by atoms with E-state index in [1.807, 2.05) is 42.5 Å². The fourth-order valence-electron chi connectivity index (χ4n) is 2.43. The van der Waals surface area contributed by atoms with E-state index in [0.717, 1.165) is 24.5 Å². The van der Waals surface area contributed by atoms with E-state index in [2.05, 4.69) is 17.4 Å². The Balaban J connectivity index is 1.39. The molecule has 2 aromatic rings. The van der Waals surface area contributed by atoms with E-state index in [0.29, 0.717) is 6.54 Å². The normalized spacial score (nSPS) is 16.4. The number of benzene rings is 2. The van der Waals surface area contributed by atoms with E-state index in [1.54, 1.807) is 13.4 Å². The first-order chi connectivity index (χ1) is 11.3. The molecule has 0 radical (unpaired) electrons. The topological polar surface area (TPSA) is 39.7 Å². The van der Waals surface area contributed by atoms with E-state index in [-0.39, 0.29) is 6.29 Å². The van der Waals surface area contributed by atoms with Gasteiger partial charge in [0.15, 0.2) is 0 Å². The Bertz CT molecular complexity index is 637. The van der Waals surface area contributed by atoms with Crippen molar-refractivity contribution in [2.75, 3.05) is 13.7 Å². The van der Waals surface area contributed by atoms with E-state index < -0.39 is 0 Å². The SMILES string of the molecule is COc1ccc(CNCC2=CO[C@H](Cc3ccccc3)O2)cc1. The summed E-state index contributed by atoms with van der Waals surface area (Å²) in [7, 11) is 1.67. The highest BCUT2D eigenvalue weighted by atomic mass is 16.7. The van der Waals surface area contributed by atoms with E-state index in [9.17, 15) is 0 Å². The van der Waals surface area contributed by atoms with Crippen molar-refractivity contribution in [3.63, 3.8) is 0 Å². The predicted octanol–water partition coefficient (Wildman–Crippen LogP) is 3.24. The lowest BCUT2D eigenvalue weighted by Gasteiger charge is -2.12. The van der Waals surface area contributed by atoms with E-state index in [4.69, 9.17) is 14.2 Å². The summed E-state index contributed by atoms with van der Waals surface area (Å²) < 4.78 is 16.5. The van der Waals surface area contributed by atoms with Gasteiger partial charge in [0.2, 0.25) is 6.29 Å². The van der Waals surface area contributed by atoms with Crippen LogP contribution in [-0.2, 0) is 22.4 Å². The van der Waals surface area contributed by atoms with Gasteiger partial charge >= 0.3 is 0 Å². The van der Waals surface area contributed by atoms with Gasteiger partial charge in [-0.05, 0) is 23.3 Å². The summed E-state index contributed by atoms with van der Waals surface area (Å²) in [5.41, 5.74) is 2.41. The first kappa shape index (κ1) is 15.4. The summed E-state index contributed by atoms with van der Waals surface area (Å²) in [5.74, 6) is 1.70. The van der Waals surface area contributed by atoms with Crippen molar-refractivity contribution < 1.29 is 14.2 Å². The Kier molecular flexibility index (Phi) is 5.17. The van der Waals surface area contributed by atoms with Gasteiger partial charge in [0.25, 0.3) is 0 Å². The number of ether oxygens (including phenoxy) is 3. The fourth-order valence-corrected chi connectivity index (χ4v) is 2.43. The lowest BCUT2D eigenvalue weighted by Crippen LogP contribution is -2.19. The van der Waals surface area contributed by atoms with Crippen molar-refractivity contribution in [3.05, 3.63) is 77.7 Å². The number of hydrogen-bond donors (Lipinski definition) is 1. The second kappa shape index (κ2) is 7.70. The van der Waals surface area contributed by atoms with Crippen LogP contribution in [-0.4, -0.2) is 19.9 Å².